The Balaban J connectivity index is 3.04. The Labute approximate surface area is 102 Å². The van der Waals surface area contributed by atoms with E-state index in [2.05, 4.69) is 17.8 Å². The molecule has 0 aliphatic carbocycles. The zero-order valence-electron chi connectivity index (χ0n) is 7.85. The lowest BCUT2D eigenvalue weighted by Crippen LogP contribution is -2.31. The van der Waals surface area contributed by atoms with Crippen LogP contribution in [-0.2, 0) is 0 Å². The Bertz CT molecular complexity index is 345. The van der Waals surface area contributed by atoms with Crippen LogP contribution < -0.4 is 0 Å². The zero-order valence-corrected chi connectivity index (χ0v) is 10.3. The summed E-state index contributed by atoms with van der Waals surface area (Å²) < 4.78 is 1.26. The molecule has 84 valence electrons. The van der Waals surface area contributed by atoms with E-state index in [4.69, 9.17) is 23.2 Å². The molecule has 0 N–H and O–H groups in total. The molecule has 1 heterocycles. The lowest BCUT2D eigenvalue weighted by Gasteiger charge is -2.26. The minimum atomic E-state index is -0.667. The van der Waals surface area contributed by atoms with E-state index in [1.165, 1.54) is 4.31 Å². The van der Waals surface area contributed by atoms with Crippen LogP contribution in [-0.4, -0.2) is 20.6 Å². The van der Waals surface area contributed by atoms with Crippen molar-refractivity contribution in [1.29, 1.82) is 0 Å². The highest BCUT2D eigenvalue weighted by Crippen LogP contribution is 2.30. The van der Waals surface area contributed by atoms with Gasteiger partial charge in [0.15, 0.2) is 5.16 Å². The van der Waals surface area contributed by atoms with Gasteiger partial charge >= 0.3 is 5.70 Å². The monoisotopic (exact) mass is 269 g/mol. The number of nitro groups is 1. The maximum atomic E-state index is 10.6. The van der Waals surface area contributed by atoms with Gasteiger partial charge in [0.2, 0.25) is 5.17 Å². The highest BCUT2D eigenvalue weighted by atomic mass is 35.5. The summed E-state index contributed by atoms with van der Waals surface area (Å²) in [6, 6.07) is 0. The number of allylic oxidation sites excluding steroid dienone is 1. The van der Waals surface area contributed by atoms with E-state index in [-0.39, 0.29) is 16.5 Å². The lowest BCUT2D eigenvalue weighted by atomic mass is 10.2. The van der Waals surface area contributed by atoms with Crippen LogP contribution in [0.1, 0.15) is 19.8 Å². The molecule has 0 amide bonds. The standard InChI is InChI=1S/C7H9Cl2N3O2S/c1-2-3-4-10-6(8)5(12(13)14)7(9)11(4)15/h4,15H,2-3H2,1H3. The van der Waals surface area contributed by atoms with Gasteiger partial charge in [0.25, 0.3) is 0 Å². The number of hydrogen-bond acceptors (Lipinski definition) is 5. The first-order chi connectivity index (χ1) is 6.99. The van der Waals surface area contributed by atoms with Crippen LogP contribution in [0.3, 0.4) is 0 Å². The Kier molecular flexibility index (Phi) is 4.24. The summed E-state index contributed by atoms with van der Waals surface area (Å²) in [7, 11) is 0. The third-order valence-electron chi connectivity index (χ3n) is 1.87. The Morgan fingerprint density at radius 1 is 1.67 bits per heavy atom. The summed E-state index contributed by atoms with van der Waals surface area (Å²) in [5, 5.41) is 10.4. The minimum Gasteiger partial charge on any atom is -0.279 e. The quantitative estimate of drug-likeness (QED) is 0.371. The lowest BCUT2D eigenvalue weighted by molar-refractivity contribution is -0.416. The summed E-state index contributed by atoms with van der Waals surface area (Å²) in [4.78, 5) is 13.9. The highest BCUT2D eigenvalue weighted by Gasteiger charge is 2.34. The molecule has 0 saturated heterocycles. The van der Waals surface area contributed by atoms with E-state index in [1.807, 2.05) is 6.92 Å². The summed E-state index contributed by atoms with van der Waals surface area (Å²) in [5.41, 5.74) is -0.402. The van der Waals surface area contributed by atoms with Crippen molar-refractivity contribution in [2.75, 3.05) is 0 Å². The molecule has 1 aliphatic rings. The van der Waals surface area contributed by atoms with Gasteiger partial charge in [-0.25, -0.2) is 4.99 Å². The third-order valence-corrected chi connectivity index (χ3v) is 3.09. The molecule has 0 fully saturated rings. The van der Waals surface area contributed by atoms with Crippen molar-refractivity contribution in [2.45, 2.75) is 25.9 Å². The first-order valence-electron chi connectivity index (χ1n) is 4.25. The number of aliphatic imine (C=N–C) groups is 1. The maximum Gasteiger partial charge on any atom is 0.341 e. The van der Waals surface area contributed by atoms with E-state index in [0.29, 0.717) is 6.42 Å². The average molecular weight is 270 g/mol. The molecule has 0 aromatic rings. The molecule has 0 aromatic heterocycles. The zero-order chi connectivity index (χ0) is 11.6. The number of thiol groups is 1. The molecule has 1 unspecified atom stereocenters. The van der Waals surface area contributed by atoms with Crippen molar-refractivity contribution in [2.24, 2.45) is 4.99 Å². The van der Waals surface area contributed by atoms with Crippen molar-refractivity contribution in [3.05, 3.63) is 21.0 Å². The van der Waals surface area contributed by atoms with Crippen molar-refractivity contribution in [3.8, 4) is 0 Å². The molecule has 0 aromatic carbocycles. The molecule has 8 heteroatoms. The number of nitrogens with zero attached hydrogens (tertiary/aromatic N) is 3. The van der Waals surface area contributed by atoms with E-state index < -0.39 is 10.6 Å². The Hall–Kier alpha value is -0.460. The molecule has 1 atom stereocenters. The SMILES string of the molecule is CCCC1N=C(Cl)C([N+](=O)[O-])=C(Cl)N1S. The average Bonchev–Trinajstić information content (AvgIpc) is 2.13. The predicted molar refractivity (Wildman–Crippen MR) is 62.7 cm³/mol. The highest BCUT2D eigenvalue weighted by molar-refractivity contribution is 7.78. The summed E-state index contributed by atoms with van der Waals surface area (Å²) >= 11 is 15.5. The Morgan fingerprint density at radius 2 is 2.27 bits per heavy atom. The third kappa shape index (κ3) is 2.56. The maximum absolute atomic E-state index is 10.6. The second-order valence-corrected chi connectivity index (χ2v) is 4.08. The summed E-state index contributed by atoms with van der Waals surface area (Å²) in [5.74, 6) is 0. The Morgan fingerprint density at radius 3 is 2.73 bits per heavy atom. The van der Waals surface area contributed by atoms with Crippen LogP contribution in [0.15, 0.2) is 15.8 Å². The van der Waals surface area contributed by atoms with Crippen LogP contribution >= 0.6 is 36.0 Å². The molecule has 0 bridgehead atoms. The van der Waals surface area contributed by atoms with Crippen LogP contribution in [0.5, 0.6) is 0 Å². The van der Waals surface area contributed by atoms with Gasteiger partial charge in [-0.3, -0.25) is 14.4 Å². The molecule has 1 aliphatic heterocycles. The van der Waals surface area contributed by atoms with Gasteiger partial charge < -0.3 is 0 Å². The van der Waals surface area contributed by atoms with Crippen LogP contribution in [0, 0.1) is 10.1 Å². The second-order valence-electron chi connectivity index (χ2n) is 2.93. The van der Waals surface area contributed by atoms with Crippen molar-refractivity contribution in [3.63, 3.8) is 0 Å². The van der Waals surface area contributed by atoms with Crippen molar-refractivity contribution >= 4 is 41.2 Å². The van der Waals surface area contributed by atoms with Gasteiger partial charge in [-0.05, 0) is 6.42 Å². The number of hydrogen-bond donors (Lipinski definition) is 1. The number of rotatable bonds is 3. The molecule has 0 saturated carbocycles. The van der Waals surface area contributed by atoms with E-state index >= 15 is 0 Å². The van der Waals surface area contributed by atoms with Gasteiger partial charge in [-0.2, -0.15) is 0 Å². The first-order valence-corrected chi connectivity index (χ1v) is 5.40. The van der Waals surface area contributed by atoms with Crippen molar-refractivity contribution in [1.82, 2.24) is 4.31 Å². The van der Waals surface area contributed by atoms with Gasteiger partial charge in [-0.15, -0.1) is 0 Å². The molecule has 5 nitrogen and oxygen atoms in total. The first kappa shape index (κ1) is 12.6. The van der Waals surface area contributed by atoms with Gasteiger partial charge in [-0.1, -0.05) is 49.4 Å². The van der Waals surface area contributed by atoms with E-state index in [0.717, 1.165) is 6.42 Å². The molecule has 1 rings (SSSR count). The normalized spacial score (nSPS) is 21.7. The van der Waals surface area contributed by atoms with Crippen LogP contribution in [0.4, 0.5) is 0 Å². The minimum absolute atomic E-state index is 0.0956. The van der Waals surface area contributed by atoms with Crippen LogP contribution in [0.25, 0.3) is 0 Å². The largest absolute Gasteiger partial charge is 0.341 e. The molecule has 15 heavy (non-hydrogen) atoms. The number of halogens is 2. The van der Waals surface area contributed by atoms with Gasteiger partial charge in [0.05, 0.1) is 4.92 Å². The van der Waals surface area contributed by atoms with E-state index in [1.54, 1.807) is 0 Å². The van der Waals surface area contributed by atoms with Gasteiger partial charge in [0.1, 0.15) is 6.17 Å². The predicted octanol–water partition coefficient (Wildman–Crippen LogP) is 2.59. The second kappa shape index (κ2) is 5.05. The summed E-state index contributed by atoms with van der Waals surface area (Å²) in [6.07, 6.45) is 1.19. The molecule has 0 radical (unpaired) electrons. The fourth-order valence-electron chi connectivity index (χ4n) is 1.17. The van der Waals surface area contributed by atoms with Crippen molar-refractivity contribution < 1.29 is 4.92 Å². The fraction of sp³-hybridized carbons (Fsp3) is 0.571. The van der Waals surface area contributed by atoms with Crippen LogP contribution in [0.2, 0.25) is 0 Å². The fourth-order valence-corrected chi connectivity index (χ4v) is 2.02. The topological polar surface area (TPSA) is 58.7 Å². The molecule has 0 spiro atoms. The molecular weight excluding hydrogens is 261 g/mol. The molecular formula is C7H9Cl2N3O2S. The van der Waals surface area contributed by atoms with E-state index in [9.17, 15) is 10.1 Å². The summed E-state index contributed by atoms with van der Waals surface area (Å²) in [6.45, 7) is 1.96. The van der Waals surface area contributed by atoms with Gasteiger partial charge in [0, 0.05) is 0 Å². The smallest absolute Gasteiger partial charge is 0.279 e.